The lowest BCUT2D eigenvalue weighted by Crippen LogP contribution is -2.31. The minimum Gasteiger partial charge on any atom is -0.322 e. The number of carbonyl (C=O) groups is 2. The van der Waals surface area contributed by atoms with Crippen LogP contribution in [0.3, 0.4) is 0 Å². The smallest absolute Gasteiger partial charge is 0.257 e. The van der Waals surface area contributed by atoms with E-state index in [1.54, 1.807) is 48.5 Å². The number of ketones is 1. The standard InChI is InChI=1S/C23H22N2O4S/c1-17(26)19-12-14-20(15-13-19)24-23(27)21-10-6-7-11-22(21)25(30(2,28)29)16-18-8-4-3-5-9-18/h3-15H,16H2,1-2H3,(H,24,27). The molecule has 0 atom stereocenters. The molecule has 6 nitrogen and oxygen atoms in total. The molecule has 3 aromatic carbocycles. The number of nitrogens with zero attached hydrogens (tertiary/aromatic N) is 1. The van der Waals surface area contributed by atoms with Gasteiger partial charge in [0.1, 0.15) is 0 Å². The van der Waals surface area contributed by atoms with Crippen molar-refractivity contribution in [2.24, 2.45) is 0 Å². The van der Waals surface area contributed by atoms with Gasteiger partial charge in [-0.3, -0.25) is 13.9 Å². The van der Waals surface area contributed by atoms with Gasteiger partial charge in [0.25, 0.3) is 5.91 Å². The fourth-order valence-electron chi connectivity index (χ4n) is 3.00. The number of nitrogens with one attached hydrogen (secondary N) is 1. The summed E-state index contributed by atoms with van der Waals surface area (Å²) in [7, 11) is -3.64. The molecule has 0 aliphatic carbocycles. The van der Waals surface area contributed by atoms with Gasteiger partial charge in [0.15, 0.2) is 5.78 Å². The van der Waals surface area contributed by atoms with E-state index in [9.17, 15) is 18.0 Å². The maximum absolute atomic E-state index is 12.9. The summed E-state index contributed by atoms with van der Waals surface area (Å²) in [4.78, 5) is 24.4. The molecule has 0 spiro atoms. The minimum atomic E-state index is -3.64. The van der Waals surface area contributed by atoms with E-state index in [0.29, 0.717) is 16.9 Å². The topological polar surface area (TPSA) is 83.6 Å². The van der Waals surface area contributed by atoms with E-state index in [1.807, 2.05) is 30.3 Å². The molecule has 0 heterocycles. The van der Waals surface area contributed by atoms with Crippen molar-refractivity contribution in [1.29, 1.82) is 0 Å². The Hall–Kier alpha value is -3.45. The van der Waals surface area contributed by atoms with Crippen LogP contribution in [0.5, 0.6) is 0 Å². The van der Waals surface area contributed by atoms with Gasteiger partial charge in [-0.05, 0) is 48.9 Å². The Kier molecular flexibility index (Phi) is 6.32. The summed E-state index contributed by atoms with van der Waals surface area (Å²) < 4.78 is 26.3. The second-order valence-corrected chi connectivity index (χ2v) is 8.77. The maximum Gasteiger partial charge on any atom is 0.257 e. The highest BCUT2D eigenvalue weighted by Gasteiger charge is 2.23. The lowest BCUT2D eigenvalue weighted by molar-refractivity contribution is 0.101. The first kappa shape index (κ1) is 21.3. The molecule has 30 heavy (non-hydrogen) atoms. The van der Waals surface area contributed by atoms with E-state index in [4.69, 9.17) is 0 Å². The van der Waals surface area contributed by atoms with Gasteiger partial charge in [0.2, 0.25) is 10.0 Å². The minimum absolute atomic E-state index is 0.0667. The largest absolute Gasteiger partial charge is 0.322 e. The highest BCUT2D eigenvalue weighted by atomic mass is 32.2. The number of anilines is 2. The van der Waals surface area contributed by atoms with Gasteiger partial charge in [-0.2, -0.15) is 0 Å². The number of amides is 1. The lowest BCUT2D eigenvalue weighted by Gasteiger charge is -2.24. The summed E-state index contributed by atoms with van der Waals surface area (Å²) in [5, 5.41) is 2.76. The third kappa shape index (κ3) is 5.12. The molecular formula is C23H22N2O4S. The average Bonchev–Trinajstić information content (AvgIpc) is 2.72. The molecule has 7 heteroatoms. The van der Waals surface area contributed by atoms with Crippen molar-refractivity contribution >= 4 is 33.1 Å². The molecule has 0 radical (unpaired) electrons. The fraction of sp³-hybridized carbons (Fsp3) is 0.130. The summed E-state index contributed by atoms with van der Waals surface area (Å²) in [6, 6.07) is 22.3. The monoisotopic (exact) mass is 422 g/mol. The molecule has 3 rings (SSSR count). The number of para-hydroxylation sites is 1. The predicted octanol–water partition coefficient (Wildman–Crippen LogP) is 4.11. The van der Waals surface area contributed by atoms with Crippen LogP contribution in [0.2, 0.25) is 0 Å². The molecule has 0 aliphatic rings. The lowest BCUT2D eigenvalue weighted by atomic mass is 10.1. The van der Waals surface area contributed by atoms with Gasteiger partial charge in [-0.25, -0.2) is 8.42 Å². The zero-order valence-corrected chi connectivity index (χ0v) is 17.5. The van der Waals surface area contributed by atoms with Crippen molar-refractivity contribution in [2.45, 2.75) is 13.5 Å². The molecule has 0 unspecified atom stereocenters. The number of hydrogen-bond donors (Lipinski definition) is 1. The SMILES string of the molecule is CC(=O)c1ccc(NC(=O)c2ccccc2N(Cc2ccccc2)S(C)(=O)=O)cc1. The van der Waals surface area contributed by atoms with Crippen molar-refractivity contribution < 1.29 is 18.0 Å². The van der Waals surface area contributed by atoms with Crippen LogP contribution in [0.4, 0.5) is 11.4 Å². The Morgan fingerprint density at radius 2 is 1.47 bits per heavy atom. The van der Waals surface area contributed by atoms with Gasteiger partial charge >= 0.3 is 0 Å². The Morgan fingerprint density at radius 3 is 2.07 bits per heavy atom. The van der Waals surface area contributed by atoms with E-state index in [2.05, 4.69) is 5.32 Å². The average molecular weight is 423 g/mol. The van der Waals surface area contributed by atoms with E-state index < -0.39 is 15.9 Å². The molecule has 0 saturated carbocycles. The van der Waals surface area contributed by atoms with Crippen molar-refractivity contribution in [2.75, 3.05) is 15.9 Å². The Balaban J connectivity index is 1.92. The quantitative estimate of drug-likeness (QED) is 0.581. The number of sulfonamides is 1. The van der Waals surface area contributed by atoms with Crippen molar-refractivity contribution in [1.82, 2.24) is 0 Å². The number of benzene rings is 3. The first-order valence-corrected chi connectivity index (χ1v) is 11.1. The third-order valence-electron chi connectivity index (χ3n) is 4.54. The van der Waals surface area contributed by atoms with Crippen LogP contribution in [0.25, 0.3) is 0 Å². The van der Waals surface area contributed by atoms with E-state index in [-0.39, 0.29) is 17.9 Å². The van der Waals surface area contributed by atoms with Gasteiger partial charge in [0.05, 0.1) is 24.1 Å². The Bertz CT molecular complexity index is 1160. The van der Waals surface area contributed by atoms with Gasteiger partial charge < -0.3 is 5.32 Å². The number of Topliss-reactive ketones (excluding diaryl/α,β-unsaturated/α-hetero) is 1. The van der Waals surface area contributed by atoms with Crippen LogP contribution in [0, 0.1) is 0 Å². The number of rotatable bonds is 7. The molecule has 0 aromatic heterocycles. The Morgan fingerprint density at radius 1 is 0.867 bits per heavy atom. The normalized spacial score (nSPS) is 11.0. The molecule has 3 aromatic rings. The predicted molar refractivity (Wildman–Crippen MR) is 118 cm³/mol. The summed E-state index contributed by atoms with van der Waals surface area (Å²) in [6.07, 6.45) is 1.12. The molecule has 154 valence electrons. The zero-order chi connectivity index (χ0) is 21.7. The zero-order valence-electron chi connectivity index (χ0n) is 16.7. The Labute approximate surface area is 176 Å². The second kappa shape index (κ2) is 8.92. The van der Waals surface area contributed by atoms with Crippen LogP contribution in [0.15, 0.2) is 78.9 Å². The van der Waals surface area contributed by atoms with Crippen LogP contribution >= 0.6 is 0 Å². The third-order valence-corrected chi connectivity index (χ3v) is 5.66. The number of hydrogen-bond acceptors (Lipinski definition) is 4. The molecule has 0 bridgehead atoms. The highest BCUT2D eigenvalue weighted by molar-refractivity contribution is 7.92. The molecule has 0 fully saturated rings. The molecular weight excluding hydrogens is 400 g/mol. The van der Waals surface area contributed by atoms with Crippen molar-refractivity contribution in [3.05, 3.63) is 95.6 Å². The summed E-state index contributed by atoms with van der Waals surface area (Å²) in [6.45, 7) is 1.58. The van der Waals surface area contributed by atoms with Crippen LogP contribution in [-0.2, 0) is 16.6 Å². The number of carbonyl (C=O) groups excluding carboxylic acids is 2. The van der Waals surface area contributed by atoms with Crippen molar-refractivity contribution in [3.63, 3.8) is 0 Å². The highest BCUT2D eigenvalue weighted by Crippen LogP contribution is 2.26. The van der Waals surface area contributed by atoms with Gasteiger partial charge in [-0.15, -0.1) is 0 Å². The fourth-order valence-corrected chi connectivity index (χ4v) is 3.90. The summed E-state index contributed by atoms with van der Waals surface area (Å²) in [5.41, 5.74) is 2.38. The molecule has 1 amide bonds. The van der Waals surface area contributed by atoms with E-state index in [1.165, 1.54) is 11.2 Å². The molecule has 0 saturated heterocycles. The summed E-state index contributed by atoms with van der Waals surface area (Å²) in [5.74, 6) is -0.509. The summed E-state index contributed by atoms with van der Waals surface area (Å²) >= 11 is 0. The van der Waals surface area contributed by atoms with Crippen molar-refractivity contribution in [3.8, 4) is 0 Å². The maximum atomic E-state index is 12.9. The first-order valence-electron chi connectivity index (χ1n) is 9.29. The van der Waals surface area contributed by atoms with Gasteiger partial charge in [-0.1, -0.05) is 42.5 Å². The molecule has 1 N–H and O–H groups in total. The first-order chi connectivity index (χ1) is 14.3. The molecule has 0 aliphatic heterocycles. The van der Waals surface area contributed by atoms with Gasteiger partial charge in [0, 0.05) is 11.3 Å². The van der Waals surface area contributed by atoms with Crippen LogP contribution in [0.1, 0.15) is 33.2 Å². The second-order valence-electron chi connectivity index (χ2n) is 6.86. The van der Waals surface area contributed by atoms with E-state index >= 15 is 0 Å². The van der Waals surface area contributed by atoms with E-state index in [0.717, 1.165) is 11.8 Å². The van der Waals surface area contributed by atoms with Crippen LogP contribution < -0.4 is 9.62 Å². The van der Waals surface area contributed by atoms with Crippen LogP contribution in [-0.4, -0.2) is 26.4 Å².